The van der Waals surface area contributed by atoms with Crippen molar-refractivity contribution in [2.45, 2.75) is 32.2 Å². The van der Waals surface area contributed by atoms with E-state index in [0.29, 0.717) is 15.6 Å². The summed E-state index contributed by atoms with van der Waals surface area (Å²) in [5.74, 6) is -0.297. The number of benzene rings is 2. The Morgan fingerprint density at radius 1 is 0.971 bits per heavy atom. The molecular formula is C26H24ClN3O3S. The summed E-state index contributed by atoms with van der Waals surface area (Å²) >= 11 is 7.13. The van der Waals surface area contributed by atoms with Gasteiger partial charge < -0.3 is 9.47 Å². The predicted molar refractivity (Wildman–Crippen MR) is 137 cm³/mol. The molecule has 3 amide bonds. The summed E-state index contributed by atoms with van der Waals surface area (Å²) in [6.07, 6.45) is 8.06. The maximum atomic E-state index is 13.1. The van der Waals surface area contributed by atoms with Crippen molar-refractivity contribution in [3.63, 3.8) is 0 Å². The largest absolute Gasteiger partial charge is 0.341 e. The molecule has 2 saturated heterocycles. The van der Waals surface area contributed by atoms with Gasteiger partial charge in [0.25, 0.3) is 11.1 Å². The minimum Gasteiger partial charge on any atom is -0.341 e. The van der Waals surface area contributed by atoms with E-state index >= 15 is 0 Å². The highest BCUT2D eigenvalue weighted by Gasteiger charge is 2.37. The van der Waals surface area contributed by atoms with Crippen molar-refractivity contribution < 1.29 is 14.4 Å². The van der Waals surface area contributed by atoms with Gasteiger partial charge in [0.1, 0.15) is 6.54 Å². The van der Waals surface area contributed by atoms with E-state index in [1.807, 2.05) is 39.9 Å². The topological polar surface area (TPSA) is 62.6 Å². The Balaban J connectivity index is 1.45. The maximum absolute atomic E-state index is 13.1. The number of rotatable bonds is 4. The van der Waals surface area contributed by atoms with Crippen molar-refractivity contribution in [3.8, 4) is 0 Å². The van der Waals surface area contributed by atoms with Crippen LogP contribution < -0.4 is 4.90 Å². The molecule has 34 heavy (non-hydrogen) atoms. The minimum absolute atomic E-state index is 0.105. The van der Waals surface area contributed by atoms with Crippen molar-refractivity contribution in [3.05, 3.63) is 70.2 Å². The molecule has 0 N–H and O–H groups in total. The number of fused-ring (bicyclic) bond motifs is 1. The quantitative estimate of drug-likeness (QED) is 0.422. The first-order valence-corrected chi connectivity index (χ1v) is 12.6. The zero-order chi connectivity index (χ0) is 23.7. The van der Waals surface area contributed by atoms with Crippen molar-refractivity contribution in [1.29, 1.82) is 0 Å². The smallest absolute Gasteiger partial charge is 0.298 e. The van der Waals surface area contributed by atoms with Gasteiger partial charge in [0.05, 0.1) is 15.6 Å². The molecule has 2 aromatic carbocycles. The van der Waals surface area contributed by atoms with Crippen LogP contribution in [-0.2, 0) is 16.1 Å². The number of aromatic nitrogens is 1. The Bertz CT molecular complexity index is 1310. The van der Waals surface area contributed by atoms with Gasteiger partial charge in [-0.15, -0.1) is 0 Å². The van der Waals surface area contributed by atoms with E-state index in [-0.39, 0.29) is 17.7 Å². The van der Waals surface area contributed by atoms with Crippen LogP contribution in [0.25, 0.3) is 17.0 Å². The molecule has 0 bridgehead atoms. The molecule has 0 unspecified atom stereocenters. The number of halogens is 1. The number of carbonyl (C=O) groups is 3. The van der Waals surface area contributed by atoms with Crippen LogP contribution in [0.2, 0.25) is 5.02 Å². The third-order valence-electron chi connectivity index (χ3n) is 6.26. The molecule has 2 aliphatic heterocycles. The van der Waals surface area contributed by atoms with E-state index in [0.717, 1.165) is 59.1 Å². The SMILES string of the molecule is O=C(Cn1cc(/C=C2\SC(=O)N(c3ccccc3Cl)C2=O)c2ccccc21)N1CCCCCC1. The van der Waals surface area contributed by atoms with Gasteiger partial charge in [0.15, 0.2) is 0 Å². The Kier molecular flexibility index (Phi) is 6.48. The van der Waals surface area contributed by atoms with Crippen LogP contribution in [0.3, 0.4) is 0 Å². The molecule has 0 radical (unpaired) electrons. The molecule has 6 nitrogen and oxygen atoms in total. The summed E-state index contributed by atoms with van der Waals surface area (Å²) in [5, 5.41) is 0.884. The van der Waals surface area contributed by atoms with Crippen LogP contribution in [0.15, 0.2) is 59.6 Å². The predicted octanol–water partition coefficient (Wildman–Crippen LogP) is 5.94. The van der Waals surface area contributed by atoms with Gasteiger partial charge in [-0.2, -0.15) is 0 Å². The first-order chi connectivity index (χ1) is 16.5. The zero-order valence-electron chi connectivity index (χ0n) is 18.6. The van der Waals surface area contributed by atoms with Crippen molar-refractivity contribution >= 4 is 63.1 Å². The molecule has 5 rings (SSSR count). The van der Waals surface area contributed by atoms with E-state index in [4.69, 9.17) is 11.6 Å². The number of carbonyl (C=O) groups excluding carboxylic acids is 3. The van der Waals surface area contributed by atoms with Crippen molar-refractivity contribution in [1.82, 2.24) is 9.47 Å². The Morgan fingerprint density at radius 3 is 2.44 bits per heavy atom. The minimum atomic E-state index is -0.402. The number of para-hydroxylation sites is 2. The molecule has 8 heteroatoms. The number of nitrogens with zero attached hydrogens (tertiary/aromatic N) is 3. The maximum Gasteiger partial charge on any atom is 0.298 e. The highest BCUT2D eigenvalue weighted by Crippen LogP contribution is 2.39. The first-order valence-electron chi connectivity index (χ1n) is 11.4. The third kappa shape index (κ3) is 4.38. The Labute approximate surface area is 207 Å². The highest BCUT2D eigenvalue weighted by atomic mass is 35.5. The van der Waals surface area contributed by atoms with Crippen LogP contribution in [0.5, 0.6) is 0 Å². The highest BCUT2D eigenvalue weighted by molar-refractivity contribution is 8.19. The second kappa shape index (κ2) is 9.68. The number of amides is 3. The second-order valence-corrected chi connectivity index (χ2v) is 9.89. The van der Waals surface area contributed by atoms with Gasteiger partial charge in [-0.1, -0.05) is 54.8 Å². The van der Waals surface area contributed by atoms with Crippen LogP contribution in [0, 0.1) is 0 Å². The van der Waals surface area contributed by atoms with Gasteiger partial charge in [0, 0.05) is 35.8 Å². The Hall–Kier alpha value is -3.03. The summed E-state index contributed by atoms with van der Waals surface area (Å²) in [5.41, 5.74) is 2.09. The first kappa shape index (κ1) is 22.7. The van der Waals surface area contributed by atoms with E-state index < -0.39 is 5.91 Å². The lowest BCUT2D eigenvalue weighted by atomic mass is 10.1. The van der Waals surface area contributed by atoms with Gasteiger partial charge in [0.2, 0.25) is 5.91 Å². The summed E-state index contributed by atoms with van der Waals surface area (Å²) < 4.78 is 1.94. The lowest BCUT2D eigenvalue weighted by Crippen LogP contribution is -2.34. The monoisotopic (exact) mass is 493 g/mol. The number of likely N-dealkylation sites (tertiary alicyclic amines) is 1. The molecule has 0 saturated carbocycles. The lowest BCUT2D eigenvalue weighted by molar-refractivity contribution is -0.131. The molecule has 0 spiro atoms. The van der Waals surface area contributed by atoms with Gasteiger partial charge in [-0.3, -0.25) is 14.4 Å². The van der Waals surface area contributed by atoms with Gasteiger partial charge in [-0.05, 0) is 48.9 Å². The number of anilines is 1. The second-order valence-electron chi connectivity index (χ2n) is 8.49. The van der Waals surface area contributed by atoms with E-state index in [2.05, 4.69) is 0 Å². The molecule has 0 atom stereocenters. The van der Waals surface area contributed by atoms with E-state index in [1.54, 1.807) is 30.3 Å². The summed E-state index contributed by atoms with van der Waals surface area (Å²) in [7, 11) is 0. The van der Waals surface area contributed by atoms with Gasteiger partial charge in [-0.25, -0.2) is 4.90 Å². The summed E-state index contributed by atoms with van der Waals surface area (Å²) in [4.78, 5) is 42.2. The van der Waals surface area contributed by atoms with Crippen LogP contribution in [0.4, 0.5) is 10.5 Å². The molecule has 3 heterocycles. The van der Waals surface area contributed by atoms with Crippen LogP contribution >= 0.6 is 23.4 Å². The molecule has 1 aromatic heterocycles. The molecule has 2 aliphatic rings. The fraction of sp³-hybridized carbons (Fsp3) is 0.269. The number of imide groups is 1. The molecule has 2 fully saturated rings. The van der Waals surface area contributed by atoms with E-state index in [9.17, 15) is 14.4 Å². The summed E-state index contributed by atoms with van der Waals surface area (Å²) in [6.45, 7) is 1.86. The van der Waals surface area contributed by atoms with E-state index in [1.165, 1.54) is 12.8 Å². The van der Waals surface area contributed by atoms with Crippen LogP contribution in [0.1, 0.15) is 31.2 Å². The average molecular weight is 494 g/mol. The fourth-order valence-corrected chi connectivity index (χ4v) is 5.58. The summed E-state index contributed by atoms with van der Waals surface area (Å²) in [6, 6.07) is 14.6. The molecular weight excluding hydrogens is 470 g/mol. The third-order valence-corrected chi connectivity index (χ3v) is 7.45. The van der Waals surface area contributed by atoms with Crippen molar-refractivity contribution in [2.75, 3.05) is 18.0 Å². The lowest BCUT2D eigenvalue weighted by Gasteiger charge is -2.20. The average Bonchev–Trinajstić information content (AvgIpc) is 3.15. The zero-order valence-corrected chi connectivity index (χ0v) is 20.1. The molecule has 3 aromatic rings. The Morgan fingerprint density at radius 2 is 1.68 bits per heavy atom. The molecule has 0 aliphatic carbocycles. The normalized spacial score (nSPS) is 18.2. The molecule has 174 valence electrons. The van der Waals surface area contributed by atoms with Gasteiger partial charge >= 0.3 is 0 Å². The number of thioether (sulfide) groups is 1. The van der Waals surface area contributed by atoms with Crippen LogP contribution in [-0.4, -0.2) is 39.6 Å². The van der Waals surface area contributed by atoms with Crippen molar-refractivity contribution in [2.24, 2.45) is 0 Å². The fourth-order valence-electron chi connectivity index (χ4n) is 4.54. The number of hydrogen-bond donors (Lipinski definition) is 0. The standard InChI is InChI=1S/C26H24ClN3O3S/c27-20-10-4-6-12-22(20)30-25(32)23(34-26(30)33)15-18-16-29(21-11-5-3-9-19(18)21)17-24(31)28-13-7-1-2-8-14-28/h3-6,9-12,15-16H,1-2,7-8,13-14,17H2/b23-15-. The number of hydrogen-bond acceptors (Lipinski definition) is 4.